The van der Waals surface area contributed by atoms with E-state index in [-0.39, 0.29) is 24.8 Å². The smallest absolute Gasteiger partial charge is 0.303 e. The van der Waals surface area contributed by atoms with Crippen molar-refractivity contribution >= 4 is 23.2 Å². The molecule has 0 aromatic carbocycles. The molecule has 0 aliphatic carbocycles. The fourth-order valence-electron chi connectivity index (χ4n) is 2.49. The van der Waals surface area contributed by atoms with Gasteiger partial charge in [-0.3, -0.25) is 9.59 Å². The van der Waals surface area contributed by atoms with Gasteiger partial charge >= 0.3 is 5.97 Å². The zero-order valence-corrected chi connectivity index (χ0v) is 11.2. The number of carbonyl (C=O) groups is 2. The molecule has 0 spiro atoms. The Morgan fingerprint density at radius 1 is 1.50 bits per heavy atom. The average Bonchev–Trinajstić information content (AvgIpc) is 2.82. The van der Waals surface area contributed by atoms with E-state index < -0.39 is 5.97 Å². The van der Waals surface area contributed by atoms with Gasteiger partial charge in [-0.1, -0.05) is 6.92 Å². The molecule has 0 fully saturated rings. The standard InChI is InChI=1S/C13H17NO3S/c1-2-10-9-6-8-18-11(9)5-7-14(10)12(15)3-4-13(16)17/h6,8,10H,2-5,7H2,1H3,(H,16,17). The van der Waals surface area contributed by atoms with Crippen LogP contribution in [0.5, 0.6) is 0 Å². The summed E-state index contributed by atoms with van der Waals surface area (Å²) in [7, 11) is 0. The van der Waals surface area contributed by atoms with E-state index in [2.05, 4.69) is 18.4 Å². The van der Waals surface area contributed by atoms with Crippen LogP contribution in [0, 0.1) is 0 Å². The summed E-state index contributed by atoms with van der Waals surface area (Å²) in [6, 6.07) is 2.21. The van der Waals surface area contributed by atoms with E-state index in [9.17, 15) is 9.59 Å². The average molecular weight is 267 g/mol. The van der Waals surface area contributed by atoms with Crippen LogP contribution in [0.2, 0.25) is 0 Å². The zero-order chi connectivity index (χ0) is 13.1. The molecular formula is C13H17NO3S. The number of carbonyl (C=O) groups excluding carboxylic acids is 1. The lowest BCUT2D eigenvalue weighted by atomic mass is 9.97. The molecular weight excluding hydrogens is 250 g/mol. The molecule has 1 amide bonds. The number of hydrogen-bond acceptors (Lipinski definition) is 3. The van der Waals surface area contributed by atoms with Crippen molar-refractivity contribution in [2.45, 2.75) is 38.6 Å². The number of rotatable bonds is 4. The van der Waals surface area contributed by atoms with Crippen molar-refractivity contribution in [3.63, 3.8) is 0 Å². The van der Waals surface area contributed by atoms with E-state index in [1.165, 1.54) is 10.4 Å². The van der Waals surface area contributed by atoms with Gasteiger partial charge in [-0.2, -0.15) is 0 Å². The van der Waals surface area contributed by atoms with Crippen molar-refractivity contribution in [3.8, 4) is 0 Å². The summed E-state index contributed by atoms with van der Waals surface area (Å²) in [5, 5.41) is 10.7. The van der Waals surface area contributed by atoms with Gasteiger partial charge in [0.2, 0.25) is 5.91 Å². The summed E-state index contributed by atoms with van der Waals surface area (Å²) < 4.78 is 0. The molecule has 1 unspecified atom stereocenters. The lowest BCUT2D eigenvalue weighted by Gasteiger charge is -2.35. The van der Waals surface area contributed by atoms with Crippen molar-refractivity contribution in [3.05, 3.63) is 21.9 Å². The van der Waals surface area contributed by atoms with Crippen LogP contribution in [-0.4, -0.2) is 28.4 Å². The first-order chi connectivity index (χ1) is 8.63. The third-order valence-corrected chi connectivity index (χ3v) is 4.35. The lowest BCUT2D eigenvalue weighted by molar-refractivity contribution is -0.142. The fourth-order valence-corrected chi connectivity index (χ4v) is 3.42. The van der Waals surface area contributed by atoms with Crippen LogP contribution in [0.1, 0.15) is 42.7 Å². The molecule has 1 aliphatic rings. The summed E-state index contributed by atoms with van der Waals surface area (Å²) in [6.07, 6.45) is 1.79. The molecule has 5 heteroatoms. The van der Waals surface area contributed by atoms with Gasteiger partial charge < -0.3 is 10.0 Å². The third-order valence-electron chi connectivity index (χ3n) is 3.35. The summed E-state index contributed by atoms with van der Waals surface area (Å²) >= 11 is 1.74. The maximum absolute atomic E-state index is 12.1. The molecule has 0 bridgehead atoms. The van der Waals surface area contributed by atoms with E-state index in [1.54, 1.807) is 11.3 Å². The molecule has 98 valence electrons. The Labute approximate surface area is 110 Å². The largest absolute Gasteiger partial charge is 0.481 e. The van der Waals surface area contributed by atoms with Gasteiger partial charge in [0.15, 0.2) is 0 Å². The number of thiophene rings is 1. The van der Waals surface area contributed by atoms with Gasteiger partial charge in [-0.25, -0.2) is 0 Å². The van der Waals surface area contributed by atoms with Crippen LogP contribution in [0.25, 0.3) is 0 Å². The van der Waals surface area contributed by atoms with Gasteiger partial charge in [-0.05, 0) is 29.9 Å². The number of amides is 1. The number of carboxylic acid groups (broad SMARTS) is 1. The Balaban J connectivity index is 2.10. The second kappa shape index (κ2) is 5.52. The Morgan fingerprint density at radius 3 is 2.94 bits per heavy atom. The molecule has 1 aliphatic heterocycles. The highest BCUT2D eigenvalue weighted by atomic mass is 32.1. The number of hydrogen-bond donors (Lipinski definition) is 1. The Hall–Kier alpha value is -1.36. The van der Waals surface area contributed by atoms with Crippen LogP contribution < -0.4 is 0 Å². The van der Waals surface area contributed by atoms with E-state index in [1.807, 2.05) is 4.90 Å². The molecule has 1 aromatic heterocycles. The number of fused-ring (bicyclic) bond motifs is 1. The van der Waals surface area contributed by atoms with Gasteiger partial charge in [0, 0.05) is 17.8 Å². The lowest BCUT2D eigenvalue weighted by Crippen LogP contribution is -2.39. The molecule has 1 atom stereocenters. The monoisotopic (exact) mass is 267 g/mol. The molecule has 4 nitrogen and oxygen atoms in total. The first kappa shape index (κ1) is 13.1. The fraction of sp³-hybridized carbons (Fsp3) is 0.538. The minimum absolute atomic E-state index is 0.0406. The van der Waals surface area contributed by atoms with Crippen molar-refractivity contribution < 1.29 is 14.7 Å². The molecule has 1 aromatic rings. The van der Waals surface area contributed by atoms with E-state index >= 15 is 0 Å². The van der Waals surface area contributed by atoms with E-state index in [0.29, 0.717) is 6.54 Å². The quantitative estimate of drug-likeness (QED) is 0.911. The number of aliphatic carboxylic acids is 1. The van der Waals surface area contributed by atoms with Crippen LogP contribution in [0.3, 0.4) is 0 Å². The Bertz CT molecular complexity index is 455. The van der Waals surface area contributed by atoms with Crippen LogP contribution in [-0.2, 0) is 16.0 Å². The van der Waals surface area contributed by atoms with Crippen LogP contribution >= 0.6 is 11.3 Å². The maximum atomic E-state index is 12.1. The normalized spacial score (nSPS) is 18.5. The first-order valence-corrected chi connectivity index (χ1v) is 7.09. The number of nitrogens with zero attached hydrogens (tertiary/aromatic N) is 1. The predicted molar refractivity (Wildman–Crippen MR) is 69.6 cm³/mol. The molecule has 0 saturated heterocycles. The first-order valence-electron chi connectivity index (χ1n) is 6.21. The minimum Gasteiger partial charge on any atom is -0.481 e. The molecule has 2 heterocycles. The van der Waals surface area contributed by atoms with Crippen molar-refractivity contribution in [2.24, 2.45) is 0 Å². The van der Waals surface area contributed by atoms with E-state index in [0.717, 1.165) is 12.8 Å². The van der Waals surface area contributed by atoms with Crippen molar-refractivity contribution in [1.82, 2.24) is 4.90 Å². The SMILES string of the molecule is CCC1c2ccsc2CCN1C(=O)CCC(=O)O. The second-order valence-corrected chi connectivity index (χ2v) is 5.45. The minimum atomic E-state index is -0.912. The van der Waals surface area contributed by atoms with Crippen LogP contribution in [0.4, 0.5) is 0 Å². The molecule has 0 radical (unpaired) electrons. The summed E-state index contributed by atoms with van der Waals surface area (Å²) in [5.74, 6) is -0.953. The topological polar surface area (TPSA) is 57.6 Å². The Morgan fingerprint density at radius 2 is 2.28 bits per heavy atom. The highest BCUT2D eigenvalue weighted by Crippen LogP contribution is 2.35. The molecule has 1 N–H and O–H groups in total. The van der Waals surface area contributed by atoms with Gasteiger partial charge in [0.25, 0.3) is 0 Å². The van der Waals surface area contributed by atoms with E-state index in [4.69, 9.17) is 5.11 Å². The maximum Gasteiger partial charge on any atom is 0.303 e. The summed E-state index contributed by atoms with van der Waals surface area (Å²) in [4.78, 5) is 25.8. The highest BCUT2D eigenvalue weighted by molar-refractivity contribution is 7.10. The van der Waals surface area contributed by atoms with Crippen LogP contribution in [0.15, 0.2) is 11.4 Å². The summed E-state index contributed by atoms with van der Waals surface area (Å²) in [6.45, 7) is 2.78. The predicted octanol–water partition coefficient (Wildman–Crippen LogP) is 2.45. The van der Waals surface area contributed by atoms with Gasteiger partial charge in [0.1, 0.15) is 0 Å². The van der Waals surface area contributed by atoms with Crippen molar-refractivity contribution in [1.29, 1.82) is 0 Å². The van der Waals surface area contributed by atoms with Crippen molar-refractivity contribution in [2.75, 3.05) is 6.54 Å². The molecule has 2 rings (SSSR count). The second-order valence-electron chi connectivity index (χ2n) is 4.45. The highest BCUT2D eigenvalue weighted by Gasteiger charge is 2.30. The number of carboxylic acids is 1. The van der Waals surface area contributed by atoms with Gasteiger partial charge in [-0.15, -0.1) is 11.3 Å². The molecule has 0 saturated carbocycles. The zero-order valence-electron chi connectivity index (χ0n) is 10.4. The third kappa shape index (κ3) is 2.56. The Kier molecular flexibility index (Phi) is 4.01. The van der Waals surface area contributed by atoms with Gasteiger partial charge in [0.05, 0.1) is 12.5 Å². The summed E-state index contributed by atoms with van der Waals surface area (Å²) in [5.41, 5.74) is 1.25. The molecule has 18 heavy (non-hydrogen) atoms.